The maximum absolute atomic E-state index is 12.2. The van der Waals surface area contributed by atoms with E-state index in [2.05, 4.69) is 27.1 Å². The van der Waals surface area contributed by atoms with Crippen molar-refractivity contribution in [2.75, 3.05) is 0 Å². The Labute approximate surface area is 128 Å². The van der Waals surface area contributed by atoms with Crippen molar-refractivity contribution in [1.82, 2.24) is 15.6 Å². The highest BCUT2D eigenvalue weighted by molar-refractivity contribution is 7.10. The molecule has 2 amide bonds. The minimum atomic E-state index is -0.115. The molecule has 1 aliphatic carbocycles. The van der Waals surface area contributed by atoms with Gasteiger partial charge in [0.1, 0.15) is 0 Å². The summed E-state index contributed by atoms with van der Waals surface area (Å²) in [5.74, 6) is 0. The van der Waals surface area contributed by atoms with Gasteiger partial charge in [-0.3, -0.25) is 4.98 Å². The molecule has 2 N–H and O–H groups in total. The van der Waals surface area contributed by atoms with Crippen molar-refractivity contribution in [2.24, 2.45) is 0 Å². The van der Waals surface area contributed by atoms with Crippen molar-refractivity contribution in [3.63, 3.8) is 0 Å². The topological polar surface area (TPSA) is 54.0 Å². The van der Waals surface area contributed by atoms with Gasteiger partial charge in [-0.25, -0.2) is 4.79 Å². The number of aryl methyl sites for hydroxylation is 1. The molecule has 3 rings (SSSR count). The Bertz CT molecular complexity index is 611. The smallest absolute Gasteiger partial charge is 0.315 e. The number of carbonyl (C=O) groups is 1. The number of amides is 2. The van der Waals surface area contributed by atoms with Crippen molar-refractivity contribution in [3.05, 3.63) is 52.0 Å². The lowest BCUT2D eigenvalue weighted by Gasteiger charge is -2.25. The summed E-state index contributed by atoms with van der Waals surface area (Å²) in [6, 6.07) is 5.95. The average molecular weight is 301 g/mol. The van der Waals surface area contributed by atoms with Crippen LogP contribution in [-0.2, 0) is 6.42 Å². The number of hydrogen-bond acceptors (Lipinski definition) is 3. The van der Waals surface area contributed by atoms with Crippen molar-refractivity contribution >= 4 is 17.4 Å². The van der Waals surface area contributed by atoms with E-state index in [9.17, 15) is 4.79 Å². The lowest BCUT2D eigenvalue weighted by molar-refractivity contribution is 0.232. The molecular weight excluding hydrogens is 282 g/mol. The highest BCUT2D eigenvalue weighted by Gasteiger charge is 2.23. The van der Waals surface area contributed by atoms with E-state index in [-0.39, 0.29) is 18.1 Å². The number of thiophene rings is 1. The Hall–Kier alpha value is -1.88. The van der Waals surface area contributed by atoms with Crippen LogP contribution in [0.15, 0.2) is 36.0 Å². The molecule has 1 aliphatic rings. The van der Waals surface area contributed by atoms with Crippen LogP contribution in [0.1, 0.15) is 47.9 Å². The van der Waals surface area contributed by atoms with Crippen LogP contribution in [0.2, 0.25) is 0 Å². The summed E-state index contributed by atoms with van der Waals surface area (Å²) in [6.07, 6.45) is 6.80. The first-order chi connectivity index (χ1) is 10.2. The van der Waals surface area contributed by atoms with E-state index < -0.39 is 0 Å². The molecule has 0 spiro atoms. The van der Waals surface area contributed by atoms with E-state index in [1.807, 2.05) is 19.1 Å². The Morgan fingerprint density at radius 2 is 2.38 bits per heavy atom. The molecule has 2 heterocycles. The van der Waals surface area contributed by atoms with Gasteiger partial charge in [0.2, 0.25) is 0 Å². The van der Waals surface area contributed by atoms with Crippen LogP contribution < -0.4 is 10.6 Å². The molecule has 0 radical (unpaired) electrons. The van der Waals surface area contributed by atoms with Crippen LogP contribution in [0.4, 0.5) is 4.79 Å². The number of pyridine rings is 1. The zero-order valence-corrected chi connectivity index (χ0v) is 12.8. The van der Waals surface area contributed by atoms with E-state index in [1.165, 1.54) is 10.4 Å². The van der Waals surface area contributed by atoms with Crippen LogP contribution >= 0.6 is 11.3 Å². The van der Waals surface area contributed by atoms with Crippen molar-refractivity contribution in [2.45, 2.75) is 38.3 Å². The normalized spacial score (nSPS) is 18.6. The van der Waals surface area contributed by atoms with Crippen LogP contribution in [0.25, 0.3) is 0 Å². The molecule has 2 atom stereocenters. The third-order valence-corrected chi connectivity index (χ3v) is 4.89. The van der Waals surface area contributed by atoms with Crippen LogP contribution in [-0.4, -0.2) is 11.0 Å². The number of nitrogens with one attached hydrogen (secondary N) is 2. The molecule has 2 aromatic rings. The quantitative estimate of drug-likeness (QED) is 0.910. The molecule has 0 aromatic carbocycles. The summed E-state index contributed by atoms with van der Waals surface area (Å²) in [5, 5.41) is 8.19. The standard InChI is InChI=1S/C16H19N3OS/c1-11(12-4-3-8-17-10-12)18-16(20)19-14-5-2-6-15-13(14)7-9-21-15/h3-4,7-11,14H,2,5-6H2,1H3,(H2,18,19,20)/t11-,14-/m0/s1. The van der Waals surface area contributed by atoms with Gasteiger partial charge in [0.25, 0.3) is 0 Å². The fraction of sp³-hybridized carbons (Fsp3) is 0.375. The maximum Gasteiger partial charge on any atom is 0.315 e. The second-order valence-electron chi connectivity index (χ2n) is 5.37. The second-order valence-corrected chi connectivity index (χ2v) is 6.37. The van der Waals surface area contributed by atoms with Crippen molar-refractivity contribution in [3.8, 4) is 0 Å². The summed E-state index contributed by atoms with van der Waals surface area (Å²) in [5.41, 5.74) is 2.29. The molecule has 21 heavy (non-hydrogen) atoms. The minimum Gasteiger partial charge on any atom is -0.332 e. The second kappa shape index (κ2) is 6.26. The van der Waals surface area contributed by atoms with Gasteiger partial charge in [-0.2, -0.15) is 0 Å². The Balaban J connectivity index is 1.61. The number of hydrogen-bond donors (Lipinski definition) is 2. The molecule has 0 saturated heterocycles. The number of fused-ring (bicyclic) bond motifs is 1. The van der Waals surface area contributed by atoms with Gasteiger partial charge >= 0.3 is 6.03 Å². The fourth-order valence-electron chi connectivity index (χ4n) is 2.75. The first kappa shape index (κ1) is 14.1. The van der Waals surface area contributed by atoms with Gasteiger partial charge in [0, 0.05) is 17.3 Å². The van der Waals surface area contributed by atoms with Gasteiger partial charge in [-0.15, -0.1) is 11.3 Å². The predicted molar refractivity (Wildman–Crippen MR) is 84.3 cm³/mol. The molecule has 0 fully saturated rings. The van der Waals surface area contributed by atoms with Crippen LogP contribution in [0, 0.1) is 0 Å². The van der Waals surface area contributed by atoms with Gasteiger partial charge in [0.15, 0.2) is 0 Å². The number of rotatable bonds is 3. The zero-order valence-electron chi connectivity index (χ0n) is 12.0. The van der Waals surface area contributed by atoms with E-state index in [0.717, 1.165) is 24.8 Å². The van der Waals surface area contributed by atoms with E-state index in [1.54, 1.807) is 23.7 Å². The lowest BCUT2D eigenvalue weighted by atomic mass is 9.94. The van der Waals surface area contributed by atoms with Crippen LogP contribution in [0.5, 0.6) is 0 Å². The third-order valence-electron chi connectivity index (χ3n) is 3.89. The molecule has 0 saturated carbocycles. The Kier molecular flexibility index (Phi) is 4.20. The predicted octanol–water partition coefficient (Wildman–Crippen LogP) is 3.58. The number of carbonyl (C=O) groups excluding carboxylic acids is 1. The minimum absolute atomic E-state index is 0.0516. The first-order valence-electron chi connectivity index (χ1n) is 7.27. The highest BCUT2D eigenvalue weighted by Crippen LogP contribution is 2.33. The molecule has 0 unspecified atom stereocenters. The number of aromatic nitrogens is 1. The average Bonchev–Trinajstić information content (AvgIpc) is 2.97. The lowest BCUT2D eigenvalue weighted by Crippen LogP contribution is -2.40. The number of urea groups is 1. The fourth-order valence-corrected chi connectivity index (χ4v) is 3.74. The monoisotopic (exact) mass is 301 g/mol. The Morgan fingerprint density at radius 1 is 1.48 bits per heavy atom. The summed E-state index contributed by atoms with van der Waals surface area (Å²) in [6.45, 7) is 1.97. The largest absolute Gasteiger partial charge is 0.332 e. The van der Waals surface area contributed by atoms with Gasteiger partial charge in [-0.05, 0) is 54.8 Å². The first-order valence-corrected chi connectivity index (χ1v) is 8.15. The SMILES string of the molecule is C[C@H](NC(=O)N[C@H]1CCCc2sccc21)c1cccnc1. The molecule has 4 nitrogen and oxygen atoms in total. The molecule has 0 aliphatic heterocycles. The van der Waals surface area contributed by atoms with E-state index in [4.69, 9.17) is 0 Å². The van der Waals surface area contributed by atoms with Gasteiger partial charge in [0.05, 0.1) is 12.1 Å². The molecule has 2 aromatic heterocycles. The third kappa shape index (κ3) is 3.24. The Morgan fingerprint density at radius 3 is 3.19 bits per heavy atom. The molecular formula is C16H19N3OS. The summed E-state index contributed by atoms with van der Waals surface area (Å²) in [7, 11) is 0. The summed E-state index contributed by atoms with van der Waals surface area (Å²) in [4.78, 5) is 17.7. The summed E-state index contributed by atoms with van der Waals surface area (Å²) < 4.78 is 0. The van der Waals surface area contributed by atoms with Gasteiger partial charge in [-0.1, -0.05) is 6.07 Å². The van der Waals surface area contributed by atoms with Crippen molar-refractivity contribution in [1.29, 1.82) is 0 Å². The van der Waals surface area contributed by atoms with E-state index >= 15 is 0 Å². The summed E-state index contributed by atoms with van der Waals surface area (Å²) >= 11 is 1.79. The molecule has 5 heteroatoms. The number of nitrogens with zero attached hydrogens (tertiary/aromatic N) is 1. The highest BCUT2D eigenvalue weighted by atomic mass is 32.1. The van der Waals surface area contributed by atoms with E-state index in [0.29, 0.717) is 0 Å². The molecule has 110 valence electrons. The maximum atomic E-state index is 12.2. The molecule has 0 bridgehead atoms. The van der Waals surface area contributed by atoms with Crippen LogP contribution in [0.3, 0.4) is 0 Å². The zero-order chi connectivity index (χ0) is 14.7. The van der Waals surface area contributed by atoms with Crippen molar-refractivity contribution < 1.29 is 4.79 Å². The van der Waals surface area contributed by atoms with Gasteiger partial charge < -0.3 is 10.6 Å².